The Hall–Kier alpha value is -1.41. The van der Waals surface area contributed by atoms with E-state index >= 15 is 0 Å². The SMILES string of the molecule is CCCC(=O)c1cccc(-c2ccccc2)c1Br. The first-order valence-corrected chi connectivity index (χ1v) is 6.90. The van der Waals surface area contributed by atoms with E-state index in [0.717, 1.165) is 27.6 Å². The topological polar surface area (TPSA) is 17.1 Å². The first kappa shape index (κ1) is 13.0. The molecule has 0 N–H and O–H groups in total. The smallest absolute Gasteiger partial charge is 0.164 e. The highest BCUT2D eigenvalue weighted by atomic mass is 79.9. The summed E-state index contributed by atoms with van der Waals surface area (Å²) in [6.45, 7) is 2.02. The van der Waals surface area contributed by atoms with E-state index in [9.17, 15) is 4.79 Å². The average molecular weight is 303 g/mol. The summed E-state index contributed by atoms with van der Waals surface area (Å²) in [4.78, 5) is 12.0. The van der Waals surface area contributed by atoms with Crippen LogP contribution < -0.4 is 0 Å². The Morgan fingerprint density at radius 1 is 1.06 bits per heavy atom. The molecule has 0 heterocycles. The van der Waals surface area contributed by atoms with Crippen LogP contribution in [0, 0.1) is 0 Å². The van der Waals surface area contributed by atoms with E-state index in [-0.39, 0.29) is 5.78 Å². The van der Waals surface area contributed by atoms with Gasteiger partial charge in [0.15, 0.2) is 5.78 Å². The van der Waals surface area contributed by atoms with Crippen molar-refractivity contribution in [3.05, 3.63) is 58.6 Å². The summed E-state index contributed by atoms with van der Waals surface area (Å²) in [6.07, 6.45) is 1.47. The molecule has 18 heavy (non-hydrogen) atoms. The lowest BCUT2D eigenvalue weighted by Gasteiger charge is -2.09. The Morgan fingerprint density at radius 2 is 1.78 bits per heavy atom. The van der Waals surface area contributed by atoms with Gasteiger partial charge < -0.3 is 0 Å². The zero-order valence-corrected chi connectivity index (χ0v) is 11.9. The zero-order chi connectivity index (χ0) is 13.0. The molecule has 0 saturated heterocycles. The maximum absolute atomic E-state index is 12.0. The van der Waals surface area contributed by atoms with Gasteiger partial charge in [0.25, 0.3) is 0 Å². The lowest BCUT2D eigenvalue weighted by molar-refractivity contribution is 0.0981. The van der Waals surface area contributed by atoms with Gasteiger partial charge in [0.05, 0.1) is 0 Å². The number of ketones is 1. The Kier molecular flexibility index (Phi) is 4.32. The molecule has 0 unspecified atom stereocenters. The molecular formula is C16H15BrO. The molecule has 0 aliphatic rings. The van der Waals surface area contributed by atoms with Gasteiger partial charge >= 0.3 is 0 Å². The second-order valence-corrected chi connectivity index (χ2v) is 5.00. The highest BCUT2D eigenvalue weighted by Gasteiger charge is 2.12. The maximum Gasteiger partial charge on any atom is 0.164 e. The lowest BCUT2D eigenvalue weighted by Crippen LogP contribution is -2.00. The maximum atomic E-state index is 12.0. The van der Waals surface area contributed by atoms with Crippen LogP contribution in [0.25, 0.3) is 11.1 Å². The van der Waals surface area contributed by atoms with Crippen LogP contribution >= 0.6 is 15.9 Å². The minimum atomic E-state index is 0.196. The van der Waals surface area contributed by atoms with Gasteiger partial charge in [0.2, 0.25) is 0 Å². The summed E-state index contributed by atoms with van der Waals surface area (Å²) in [5.74, 6) is 0.196. The third-order valence-corrected chi connectivity index (χ3v) is 3.72. The number of rotatable bonds is 4. The van der Waals surface area contributed by atoms with Gasteiger partial charge in [-0.25, -0.2) is 0 Å². The molecule has 0 saturated carbocycles. The molecule has 2 heteroatoms. The summed E-state index contributed by atoms with van der Waals surface area (Å²) in [6, 6.07) is 15.9. The highest BCUT2D eigenvalue weighted by Crippen LogP contribution is 2.31. The van der Waals surface area contributed by atoms with Crippen molar-refractivity contribution in [3.63, 3.8) is 0 Å². The van der Waals surface area contributed by atoms with Crippen LogP contribution in [-0.4, -0.2) is 5.78 Å². The number of hydrogen-bond acceptors (Lipinski definition) is 1. The molecule has 0 bridgehead atoms. The fraction of sp³-hybridized carbons (Fsp3) is 0.188. The third kappa shape index (κ3) is 2.70. The van der Waals surface area contributed by atoms with E-state index in [1.54, 1.807) is 0 Å². The van der Waals surface area contributed by atoms with Crippen molar-refractivity contribution in [1.29, 1.82) is 0 Å². The van der Waals surface area contributed by atoms with E-state index in [1.807, 2.05) is 55.5 Å². The van der Waals surface area contributed by atoms with Crippen LogP contribution in [-0.2, 0) is 0 Å². The molecular weight excluding hydrogens is 288 g/mol. The van der Waals surface area contributed by atoms with E-state index in [4.69, 9.17) is 0 Å². The average Bonchev–Trinajstić information content (AvgIpc) is 2.40. The number of carbonyl (C=O) groups is 1. The van der Waals surface area contributed by atoms with Crippen LogP contribution in [0.2, 0.25) is 0 Å². The van der Waals surface area contributed by atoms with Gasteiger partial charge in [0.1, 0.15) is 0 Å². The monoisotopic (exact) mass is 302 g/mol. The van der Waals surface area contributed by atoms with Crippen molar-refractivity contribution in [2.45, 2.75) is 19.8 Å². The van der Waals surface area contributed by atoms with E-state index in [1.165, 1.54) is 0 Å². The number of carbonyl (C=O) groups excluding carboxylic acids is 1. The van der Waals surface area contributed by atoms with Crippen molar-refractivity contribution in [3.8, 4) is 11.1 Å². The second-order valence-electron chi connectivity index (χ2n) is 4.21. The number of hydrogen-bond donors (Lipinski definition) is 0. The van der Waals surface area contributed by atoms with Crippen LogP contribution in [0.4, 0.5) is 0 Å². The predicted molar refractivity (Wildman–Crippen MR) is 78.8 cm³/mol. The standard InChI is InChI=1S/C16H15BrO/c1-2-7-15(18)14-11-6-10-13(16(14)17)12-8-4-3-5-9-12/h3-6,8-11H,2,7H2,1H3. The van der Waals surface area contributed by atoms with Crippen LogP contribution in [0.5, 0.6) is 0 Å². The van der Waals surface area contributed by atoms with Crippen LogP contribution in [0.3, 0.4) is 0 Å². The fourth-order valence-corrected chi connectivity index (χ4v) is 2.66. The van der Waals surface area contributed by atoms with Gasteiger partial charge in [-0.2, -0.15) is 0 Å². The summed E-state index contributed by atoms with van der Waals surface area (Å²) in [5.41, 5.74) is 2.96. The Morgan fingerprint density at radius 3 is 2.44 bits per heavy atom. The molecule has 1 nitrogen and oxygen atoms in total. The van der Waals surface area contributed by atoms with Gasteiger partial charge in [-0.05, 0) is 33.5 Å². The van der Waals surface area contributed by atoms with Crippen molar-refractivity contribution >= 4 is 21.7 Å². The zero-order valence-electron chi connectivity index (χ0n) is 10.3. The van der Waals surface area contributed by atoms with Gasteiger partial charge in [0, 0.05) is 16.5 Å². The van der Waals surface area contributed by atoms with Gasteiger partial charge in [-0.1, -0.05) is 55.5 Å². The minimum Gasteiger partial charge on any atom is -0.294 e. The molecule has 92 valence electrons. The first-order valence-electron chi connectivity index (χ1n) is 6.11. The minimum absolute atomic E-state index is 0.196. The van der Waals surface area contributed by atoms with E-state index in [2.05, 4.69) is 15.9 Å². The molecule has 0 amide bonds. The molecule has 0 aliphatic carbocycles. The normalized spacial score (nSPS) is 10.3. The number of halogens is 1. The molecule has 0 aliphatic heterocycles. The largest absolute Gasteiger partial charge is 0.294 e. The molecule has 0 fully saturated rings. The van der Waals surface area contributed by atoms with Gasteiger partial charge in [-0.15, -0.1) is 0 Å². The Bertz CT molecular complexity index is 546. The number of benzene rings is 2. The second kappa shape index (κ2) is 5.96. The van der Waals surface area contributed by atoms with Crippen molar-refractivity contribution in [2.75, 3.05) is 0 Å². The van der Waals surface area contributed by atoms with E-state index in [0.29, 0.717) is 6.42 Å². The third-order valence-electron chi connectivity index (χ3n) is 2.86. The molecule has 0 spiro atoms. The molecule has 2 aromatic rings. The quantitative estimate of drug-likeness (QED) is 0.718. The van der Waals surface area contributed by atoms with Crippen molar-refractivity contribution in [1.82, 2.24) is 0 Å². The van der Waals surface area contributed by atoms with Crippen molar-refractivity contribution < 1.29 is 4.79 Å². The molecule has 0 atom stereocenters. The molecule has 0 aromatic heterocycles. The highest BCUT2D eigenvalue weighted by molar-refractivity contribution is 9.10. The molecule has 2 rings (SSSR count). The summed E-state index contributed by atoms with van der Waals surface area (Å²) in [7, 11) is 0. The van der Waals surface area contributed by atoms with E-state index < -0.39 is 0 Å². The Balaban J connectivity index is 2.46. The lowest BCUT2D eigenvalue weighted by atomic mass is 10.00. The molecule has 0 radical (unpaired) electrons. The first-order chi connectivity index (χ1) is 8.74. The summed E-state index contributed by atoms with van der Waals surface area (Å²) < 4.78 is 0.898. The number of Topliss-reactive ketones (excluding diaryl/α,β-unsaturated/α-hetero) is 1. The Labute approximate surface area is 116 Å². The summed E-state index contributed by atoms with van der Waals surface area (Å²) in [5, 5.41) is 0. The summed E-state index contributed by atoms with van der Waals surface area (Å²) >= 11 is 3.57. The van der Waals surface area contributed by atoms with Gasteiger partial charge in [-0.3, -0.25) is 4.79 Å². The molecule has 2 aromatic carbocycles. The van der Waals surface area contributed by atoms with Crippen LogP contribution in [0.15, 0.2) is 53.0 Å². The predicted octanol–water partition coefficient (Wildman–Crippen LogP) is 5.10. The van der Waals surface area contributed by atoms with Crippen LogP contribution in [0.1, 0.15) is 30.1 Å². The fourth-order valence-electron chi connectivity index (χ4n) is 1.95. The van der Waals surface area contributed by atoms with Crippen molar-refractivity contribution in [2.24, 2.45) is 0 Å².